The number of halogens is 3. The van der Waals surface area contributed by atoms with E-state index in [-0.39, 0.29) is 10.9 Å². The van der Waals surface area contributed by atoms with Crippen molar-refractivity contribution in [2.24, 2.45) is 0 Å². The smallest absolute Gasteiger partial charge is 0.398 e. The van der Waals surface area contributed by atoms with E-state index in [0.717, 1.165) is 0 Å². The van der Waals surface area contributed by atoms with Crippen molar-refractivity contribution in [1.82, 2.24) is 9.97 Å². The number of aromatic nitrogens is 2. The van der Waals surface area contributed by atoms with Crippen molar-refractivity contribution < 1.29 is 17.6 Å². The van der Waals surface area contributed by atoms with Crippen LogP contribution in [0.4, 0.5) is 13.2 Å². The van der Waals surface area contributed by atoms with Crippen LogP contribution in [0.2, 0.25) is 0 Å². The van der Waals surface area contributed by atoms with E-state index < -0.39 is 17.7 Å². The van der Waals surface area contributed by atoms with Crippen molar-refractivity contribution in [1.29, 1.82) is 0 Å². The molecule has 0 saturated carbocycles. The van der Waals surface area contributed by atoms with Crippen LogP contribution < -0.4 is 5.63 Å². The molecule has 1 aromatic carbocycles. The first kappa shape index (κ1) is 11.6. The van der Waals surface area contributed by atoms with Crippen molar-refractivity contribution in [3.8, 4) is 0 Å². The van der Waals surface area contributed by atoms with E-state index in [0.29, 0.717) is 10.9 Å². The Morgan fingerprint density at radius 2 is 1.95 bits per heavy atom. The van der Waals surface area contributed by atoms with E-state index in [1.807, 2.05) is 0 Å². The minimum Gasteiger partial charge on any atom is -0.398 e. The van der Waals surface area contributed by atoms with Gasteiger partial charge in [-0.25, -0.2) is 9.78 Å². The highest BCUT2D eigenvalue weighted by Crippen LogP contribution is 2.28. The maximum Gasteiger partial charge on any atom is 0.469 e. The average molecular weight is 266 g/mol. The minimum absolute atomic E-state index is 0.0285. The molecule has 0 amide bonds. The van der Waals surface area contributed by atoms with Crippen LogP contribution in [0.25, 0.3) is 21.8 Å². The minimum atomic E-state index is -4.79. The summed E-state index contributed by atoms with van der Waals surface area (Å²) in [4.78, 5) is 18.9. The maximum absolute atomic E-state index is 12.5. The van der Waals surface area contributed by atoms with Crippen molar-refractivity contribution in [2.45, 2.75) is 6.18 Å². The van der Waals surface area contributed by atoms with E-state index in [1.54, 1.807) is 12.1 Å². The van der Waals surface area contributed by atoms with Gasteiger partial charge in [-0.15, -0.1) is 0 Å². The summed E-state index contributed by atoms with van der Waals surface area (Å²) in [6.07, 6.45) is -3.27. The fourth-order valence-electron chi connectivity index (χ4n) is 1.76. The summed E-state index contributed by atoms with van der Waals surface area (Å²) in [6.45, 7) is 0. The van der Waals surface area contributed by atoms with Gasteiger partial charge in [0.2, 0.25) is 0 Å². The molecule has 3 rings (SSSR count). The van der Waals surface area contributed by atoms with Crippen LogP contribution in [0.3, 0.4) is 0 Å². The second-order valence-corrected chi connectivity index (χ2v) is 3.87. The Morgan fingerprint density at radius 1 is 1.16 bits per heavy atom. The normalized spacial score (nSPS) is 12.2. The van der Waals surface area contributed by atoms with Crippen LogP contribution in [-0.4, -0.2) is 9.97 Å². The fourth-order valence-corrected chi connectivity index (χ4v) is 1.76. The van der Waals surface area contributed by atoms with E-state index in [2.05, 4.69) is 14.4 Å². The van der Waals surface area contributed by atoms with Gasteiger partial charge < -0.3 is 4.42 Å². The van der Waals surface area contributed by atoms with Gasteiger partial charge in [-0.05, 0) is 18.2 Å². The van der Waals surface area contributed by atoms with Gasteiger partial charge in [0, 0.05) is 11.6 Å². The Labute approximate surface area is 103 Å². The van der Waals surface area contributed by atoms with Gasteiger partial charge in [-0.3, -0.25) is 4.98 Å². The van der Waals surface area contributed by atoms with Crippen LogP contribution in [0.15, 0.2) is 39.7 Å². The predicted octanol–water partition coefficient (Wildman–Crippen LogP) is 2.75. The highest BCUT2D eigenvalue weighted by atomic mass is 19.4. The fraction of sp³-hybridized carbons (Fsp3) is 0.0833. The first-order valence-electron chi connectivity index (χ1n) is 5.22. The summed E-state index contributed by atoms with van der Waals surface area (Å²) in [5.41, 5.74) is -0.655. The van der Waals surface area contributed by atoms with E-state index >= 15 is 0 Å². The molecule has 7 heteroatoms. The maximum atomic E-state index is 12.5. The Hall–Kier alpha value is -2.44. The van der Waals surface area contributed by atoms with Gasteiger partial charge in [-0.1, -0.05) is 6.07 Å². The zero-order chi connectivity index (χ0) is 13.6. The summed E-state index contributed by atoms with van der Waals surface area (Å²) in [5.74, 6) is -1.55. The van der Waals surface area contributed by atoms with Gasteiger partial charge in [0.05, 0.1) is 16.4 Å². The largest absolute Gasteiger partial charge is 0.469 e. The molecule has 2 heterocycles. The molecule has 0 bridgehead atoms. The highest BCUT2D eigenvalue weighted by Gasteiger charge is 2.37. The molecule has 0 radical (unpaired) electrons. The van der Waals surface area contributed by atoms with E-state index in [9.17, 15) is 18.0 Å². The third-order valence-corrected chi connectivity index (χ3v) is 2.59. The molecule has 0 unspecified atom stereocenters. The lowest BCUT2D eigenvalue weighted by molar-refractivity contribution is -0.158. The first-order valence-corrected chi connectivity index (χ1v) is 5.22. The molecule has 96 valence electrons. The summed E-state index contributed by atoms with van der Waals surface area (Å²) >= 11 is 0. The zero-order valence-corrected chi connectivity index (χ0v) is 9.23. The number of pyridine rings is 1. The van der Waals surface area contributed by atoms with Crippen LogP contribution in [0, 0.1) is 0 Å². The number of benzene rings is 1. The van der Waals surface area contributed by atoms with Crippen LogP contribution in [0.1, 0.15) is 5.89 Å². The Morgan fingerprint density at radius 3 is 2.68 bits per heavy atom. The van der Waals surface area contributed by atoms with Gasteiger partial charge in [0.25, 0.3) is 0 Å². The van der Waals surface area contributed by atoms with Crippen molar-refractivity contribution in [3.05, 3.63) is 46.8 Å². The molecule has 2 aromatic heterocycles. The lowest BCUT2D eigenvalue weighted by atomic mass is 10.1. The summed E-state index contributed by atoms with van der Waals surface area (Å²) in [7, 11) is 0. The Balaban J connectivity index is 2.42. The standard InChI is InChI=1S/C12H5F3N2O2/c13-12(14,15)11-17-9-4-6-2-1-3-16-8(6)5-7(9)10(18)19-11/h1-5H. The van der Waals surface area contributed by atoms with Gasteiger partial charge in [-0.2, -0.15) is 13.2 Å². The first-order chi connectivity index (χ1) is 8.95. The number of alkyl halides is 3. The van der Waals surface area contributed by atoms with Gasteiger partial charge >= 0.3 is 17.7 Å². The highest BCUT2D eigenvalue weighted by molar-refractivity contribution is 5.93. The Bertz CT molecular complexity index is 840. The van der Waals surface area contributed by atoms with Crippen molar-refractivity contribution in [3.63, 3.8) is 0 Å². The number of hydrogen-bond acceptors (Lipinski definition) is 4. The quantitative estimate of drug-likeness (QED) is 0.587. The molecule has 0 spiro atoms. The van der Waals surface area contributed by atoms with Crippen molar-refractivity contribution in [2.75, 3.05) is 0 Å². The lowest BCUT2D eigenvalue weighted by Crippen LogP contribution is -2.13. The van der Waals surface area contributed by atoms with E-state index in [1.165, 1.54) is 18.3 Å². The molecule has 0 saturated heterocycles. The molecule has 0 N–H and O–H groups in total. The van der Waals surface area contributed by atoms with Crippen molar-refractivity contribution >= 4 is 21.8 Å². The SMILES string of the molecule is O=c1oc(C(F)(F)F)nc2cc3cccnc3cc12. The molecule has 19 heavy (non-hydrogen) atoms. The lowest BCUT2D eigenvalue weighted by Gasteiger charge is -2.05. The summed E-state index contributed by atoms with van der Waals surface area (Å²) in [6, 6.07) is 6.06. The second-order valence-electron chi connectivity index (χ2n) is 3.87. The molecule has 0 aliphatic carbocycles. The number of rotatable bonds is 0. The van der Waals surface area contributed by atoms with Crippen LogP contribution in [0.5, 0.6) is 0 Å². The van der Waals surface area contributed by atoms with Crippen LogP contribution in [-0.2, 0) is 6.18 Å². The topological polar surface area (TPSA) is 56.0 Å². The predicted molar refractivity (Wildman–Crippen MR) is 60.6 cm³/mol. The Kier molecular flexibility index (Phi) is 2.31. The molecule has 0 aliphatic rings. The zero-order valence-electron chi connectivity index (χ0n) is 9.23. The monoisotopic (exact) mass is 266 g/mol. The molecular weight excluding hydrogens is 261 g/mol. The third-order valence-electron chi connectivity index (χ3n) is 2.59. The molecular formula is C12H5F3N2O2. The summed E-state index contributed by atoms with van der Waals surface area (Å²) < 4.78 is 41.7. The number of hydrogen-bond donors (Lipinski definition) is 0. The number of fused-ring (bicyclic) bond motifs is 2. The third kappa shape index (κ3) is 1.92. The second kappa shape index (κ2) is 3.78. The van der Waals surface area contributed by atoms with Gasteiger partial charge in [0.15, 0.2) is 0 Å². The number of nitrogens with zero attached hydrogens (tertiary/aromatic N) is 2. The van der Waals surface area contributed by atoms with Crippen LogP contribution >= 0.6 is 0 Å². The average Bonchev–Trinajstić information content (AvgIpc) is 2.35. The molecule has 0 fully saturated rings. The molecule has 3 aromatic rings. The molecule has 0 aliphatic heterocycles. The van der Waals surface area contributed by atoms with Gasteiger partial charge in [0.1, 0.15) is 0 Å². The van der Waals surface area contributed by atoms with E-state index in [4.69, 9.17) is 0 Å². The summed E-state index contributed by atoms with van der Waals surface area (Å²) in [5, 5.41) is 0.570. The molecule has 4 nitrogen and oxygen atoms in total. The molecule has 0 atom stereocenters.